The van der Waals surface area contributed by atoms with Gasteiger partial charge in [-0.3, -0.25) is 0 Å². The summed E-state index contributed by atoms with van der Waals surface area (Å²) in [5.41, 5.74) is 7.31. The van der Waals surface area contributed by atoms with E-state index >= 15 is 0 Å². The highest BCUT2D eigenvalue weighted by Gasteiger charge is 2.21. The predicted octanol–water partition coefficient (Wildman–Crippen LogP) is 5.26. The summed E-state index contributed by atoms with van der Waals surface area (Å²) in [5, 5.41) is 5.42. The smallest absolute Gasteiger partial charge is 0.316 e. The van der Waals surface area contributed by atoms with Gasteiger partial charge in [-0.25, -0.2) is 9.97 Å². The van der Waals surface area contributed by atoms with Gasteiger partial charge in [0, 0.05) is 47.0 Å². The molecule has 0 saturated heterocycles. The second-order valence-corrected chi connectivity index (χ2v) is 8.70. The second kappa shape index (κ2) is 9.33. The largest absolute Gasteiger partial charge is 0.463 e. The highest BCUT2D eigenvalue weighted by atomic mass is 16.5. The lowest BCUT2D eigenvalue weighted by Gasteiger charge is -2.16. The molecule has 0 radical (unpaired) electrons. The molecule has 1 aromatic carbocycles. The Morgan fingerprint density at radius 2 is 1.79 bits per heavy atom. The number of hydrogen-bond acceptors (Lipinski definition) is 6. The molecule has 1 aliphatic rings. The Morgan fingerprint density at radius 1 is 1.00 bits per heavy atom. The number of ether oxygens (including phenoxy) is 1. The van der Waals surface area contributed by atoms with Crippen LogP contribution in [0.1, 0.15) is 61.6 Å². The first-order valence-electron chi connectivity index (χ1n) is 12.1. The van der Waals surface area contributed by atoms with E-state index in [-0.39, 0.29) is 0 Å². The minimum Gasteiger partial charge on any atom is -0.463 e. The van der Waals surface area contributed by atoms with E-state index in [0.29, 0.717) is 24.3 Å². The summed E-state index contributed by atoms with van der Waals surface area (Å²) in [6, 6.07) is 9.10. The van der Waals surface area contributed by atoms with Gasteiger partial charge in [0.05, 0.1) is 6.61 Å². The average molecular weight is 446 g/mol. The molecule has 172 valence electrons. The van der Waals surface area contributed by atoms with Crippen molar-refractivity contribution in [3.05, 3.63) is 52.8 Å². The quantitative estimate of drug-likeness (QED) is 0.344. The Kier molecular flexibility index (Phi) is 6.11. The van der Waals surface area contributed by atoms with Crippen LogP contribution in [0, 0.1) is 6.92 Å². The summed E-state index contributed by atoms with van der Waals surface area (Å²) < 4.78 is 13.6. The fraction of sp³-hybridized carbons (Fsp3) is 0.462. The number of nitrogens with zero attached hydrogens (tertiary/aromatic N) is 5. The van der Waals surface area contributed by atoms with Gasteiger partial charge in [-0.05, 0) is 74.8 Å². The number of rotatable bonds is 8. The maximum absolute atomic E-state index is 5.96. The van der Waals surface area contributed by atoms with Crippen molar-refractivity contribution >= 4 is 10.9 Å². The molecule has 5 rings (SSSR count). The minimum atomic E-state index is 0.505. The molecule has 3 aromatic heterocycles. The summed E-state index contributed by atoms with van der Waals surface area (Å²) >= 11 is 0. The highest BCUT2D eigenvalue weighted by molar-refractivity contribution is 5.89. The molecule has 0 saturated carbocycles. The van der Waals surface area contributed by atoms with Crippen LogP contribution in [0.15, 0.2) is 28.8 Å². The van der Waals surface area contributed by atoms with E-state index in [1.807, 2.05) is 6.92 Å². The van der Waals surface area contributed by atoms with Crippen molar-refractivity contribution in [3.63, 3.8) is 0 Å². The molecule has 0 fully saturated rings. The molecule has 0 N–H and O–H groups in total. The molecule has 3 heterocycles. The van der Waals surface area contributed by atoms with Crippen molar-refractivity contribution in [3.8, 4) is 17.4 Å². The van der Waals surface area contributed by atoms with Gasteiger partial charge in [-0.1, -0.05) is 19.0 Å². The Morgan fingerprint density at radius 3 is 2.52 bits per heavy atom. The van der Waals surface area contributed by atoms with Crippen molar-refractivity contribution in [2.75, 3.05) is 6.61 Å². The molecule has 4 aromatic rings. The average Bonchev–Trinajstić information content (AvgIpc) is 3.42. The van der Waals surface area contributed by atoms with Crippen molar-refractivity contribution in [1.82, 2.24) is 24.7 Å². The Balaban J connectivity index is 1.36. The third kappa shape index (κ3) is 4.36. The van der Waals surface area contributed by atoms with Crippen LogP contribution >= 0.6 is 0 Å². The van der Waals surface area contributed by atoms with E-state index < -0.39 is 0 Å². The number of hydrogen-bond donors (Lipinski definition) is 0. The molecule has 33 heavy (non-hydrogen) atoms. The fourth-order valence-electron chi connectivity index (χ4n) is 4.79. The van der Waals surface area contributed by atoms with Crippen LogP contribution < -0.4 is 4.74 Å². The molecule has 0 bridgehead atoms. The Labute approximate surface area is 194 Å². The molecule has 0 spiro atoms. The first-order chi connectivity index (χ1) is 16.2. The third-order valence-corrected chi connectivity index (χ3v) is 6.46. The minimum absolute atomic E-state index is 0.505. The molecule has 0 atom stereocenters. The van der Waals surface area contributed by atoms with Crippen LogP contribution in [0.3, 0.4) is 0 Å². The van der Waals surface area contributed by atoms with Gasteiger partial charge in [0.15, 0.2) is 0 Å². The number of aryl methyl sites for hydroxylation is 5. The van der Waals surface area contributed by atoms with Crippen LogP contribution in [-0.2, 0) is 32.2 Å². The van der Waals surface area contributed by atoms with Crippen molar-refractivity contribution in [2.45, 2.75) is 72.3 Å². The first kappa shape index (κ1) is 21.6. The van der Waals surface area contributed by atoms with Crippen molar-refractivity contribution in [2.24, 2.45) is 0 Å². The molecule has 7 nitrogen and oxygen atoms in total. The number of aromatic nitrogens is 5. The van der Waals surface area contributed by atoms with E-state index in [9.17, 15) is 0 Å². The summed E-state index contributed by atoms with van der Waals surface area (Å²) in [4.78, 5) is 13.5. The summed E-state index contributed by atoms with van der Waals surface area (Å²) in [6.07, 6.45) is 7.42. The predicted molar refractivity (Wildman–Crippen MR) is 128 cm³/mol. The van der Waals surface area contributed by atoms with Gasteiger partial charge in [0.2, 0.25) is 11.7 Å². The summed E-state index contributed by atoms with van der Waals surface area (Å²) in [5.74, 6) is 1.24. The zero-order chi connectivity index (χ0) is 22.8. The van der Waals surface area contributed by atoms with Crippen LogP contribution in [0.25, 0.3) is 22.3 Å². The van der Waals surface area contributed by atoms with E-state index in [1.54, 1.807) is 0 Å². The zero-order valence-electron chi connectivity index (χ0n) is 19.7. The van der Waals surface area contributed by atoms with Gasteiger partial charge in [0.1, 0.15) is 0 Å². The third-order valence-electron chi connectivity index (χ3n) is 6.46. The van der Waals surface area contributed by atoms with Crippen molar-refractivity contribution in [1.29, 1.82) is 0 Å². The molecule has 0 amide bonds. The van der Waals surface area contributed by atoms with Gasteiger partial charge in [0.25, 0.3) is 0 Å². The van der Waals surface area contributed by atoms with E-state index in [4.69, 9.17) is 9.26 Å². The maximum atomic E-state index is 5.96. The molecule has 0 unspecified atom stereocenters. The monoisotopic (exact) mass is 445 g/mol. The van der Waals surface area contributed by atoms with Crippen molar-refractivity contribution < 1.29 is 9.26 Å². The van der Waals surface area contributed by atoms with Crippen LogP contribution in [0.2, 0.25) is 0 Å². The number of benzene rings is 1. The first-order valence-corrected chi connectivity index (χ1v) is 12.1. The molecule has 1 aliphatic carbocycles. The van der Waals surface area contributed by atoms with Gasteiger partial charge in [-0.2, -0.15) is 4.98 Å². The zero-order valence-corrected chi connectivity index (χ0v) is 19.7. The Hall–Kier alpha value is -3.22. The van der Waals surface area contributed by atoms with Gasteiger partial charge < -0.3 is 13.8 Å². The molecule has 0 aliphatic heterocycles. The lowest BCUT2D eigenvalue weighted by molar-refractivity contribution is 0.277. The lowest BCUT2D eigenvalue weighted by atomic mass is 9.95. The molecule has 7 heteroatoms. The lowest BCUT2D eigenvalue weighted by Crippen LogP contribution is -2.11. The van der Waals surface area contributed by atoms with E-state index in [0.717, 1.165) is 55.6 Å². The Bertz CT molecular complexity index is 1250. The van der Waals surface area contributed by atoms with Crippen LogP contribution in [0.5, 0.6) is 6.01 Å². The normalized spacial score (nSPS) is 13.4. The summed E-state index contributed by atoms with van der Waals surface area (Å²) in [6.45, 7) is 7.56. The SMILES string of the molecule is CCc1cc(CC)nc(OCCCn2c3c(c4cc(-c5noc(C)n5)ccc42)CCCC3)n1. The van der Waals surface area contributed by atoms with Gasteiger partial charge >= 0.3 is 6.01 Å². The maximum Gasteiger partial charge on any atom is 0.316 e. The van der Waals surface area contributed by atoms with Crippen LogP contribution in [0.4, 0.5) is 0 Å². The van der Waals surface area contributed by atoms with E-state index in [2.05, 4.69) is 62.8 Å². The fourth-order valence-corrected chi connectivity index (χ4v) is 4.79. The van der Waals surface area contributed by atoms with Crippen LogP contribution in [-0.4, -0.2) is 31.3 Å². The molecular formula is C26H31N5O2. The van der Waals surface area contributed by atoms with E-state index in [1.165, 1.54) is 35.0 Å². The summed E-state index contributed by atoms with van der Waals surface area (Å²) in [7, 11) is 0. The number of fused-ring (bicyclic) bond motifs is 3. The second-order valence-electron chi connectivity index (χ2n) is 8.70. The molecular weight excluding hydrogens is 414 g/mol. The standard InChI is InChI=1S/C26H31N5O2/c1-4-19-16-20(5-2)29-26(28-19)32-14-8-13-31-23-10-7-6-9-21(23)22-15-18(11-12-24(22)31)25-27-17(3)33-30-25/h11-12,15-16H,4-10,13-14H2,1-3H3. The van der Waals surface area contributed by atoms with Gasteiger partial charge in [-0.15, -0.1) is 0 Å². The topological polar surface area (TPSA) is 78.9 Å². The highest BCUT2D eigenvalue weighted by Crippen LogP contribution is 2.34.